The van der Waals surface area contributed by atoms with Crippen molar-refractivity contribution in [3.05, 3.63) is 70.6 Å². The first-order valence-corrected chi connectivity index (χ1v) is 10.3. The molecule has 0 fully saturated rings. The van der Waals surface area contributed by atoms with Gasteiger partial charge in [0.1, 0.15) is 6.04 Å². The van der Waals surface area contributed by atoms with Crippen molar-refractivity contribution in [2.45, 2.75) is 46.1 Å². The number of hydrogen-bond donors (Lipinski definition) is 1. The molecule has 2 atom stereocenters. The van der Waals surface area contributed by atoms with Gasteiger partial charge in [-0.2, -0.15) is 4.98 Å². The summed E-state index contributed by atoms with van der Waals surface area (Å²) in [7, 11) is 0. The predicted octanol–water partition coefficient (Wildman–Crippen LogP) is 5.53. The van der Waals surface area contributed by atoms with Crippen molar-refractivity contribution in [2.75, 3.05) is 0 Å². The Kier molecular flexibility index (Phi) is 7.04. The molecule has 0 aliphatic heterocycles. The van der Waals surface area contributed by atoms with E-state index in [1.807, 2.05) is 55.5 Å². The van der Waals surface area contributed by atoms with Gasteiger partial charge < -0.3 is 9.84 Å². The van der Waals surface area contributed by atoms with Crippen molar-refractivity contribution in [2.24, 2.45) is 5.92 Å². The molecule has 152 valence electrons. The molecule has 0 unspecified atom stereocenters. The van der Waals surface area contributed by atoms with Crippen LogP contribution in [0.15, 0.2) is 53.1 Å². The van der Waals surface area contributed by atoms with Gasteiger partial charge in [-0.1, -0.05) is 79.5 Å². The first-order chi connectivity index (χ1) is 14.0. The lowest BCUT2D eigenvalue weighted by atomic mass is 9.98. The number of halogens is 1. The van der Waals surface area contributed by atoms with E-state index in [9.17, 15) is 4.79 Å². The van der Waals surface area contributed by atoms with Crippen LogP contribution in [0.4, 0.5) is 0 Å². The van der Waals surface area contributed by atoms with Gasteiger partial charge in [0.25, 0.3) is 0 Å². The van der Waals surface area contributed by atoms with E-state index in [2.05, 4.69) is 29.3 Å². The summed E-state index contributed by atoms with van der Waals surface area (Å²) in [4.78, 5) is 17.1. The highest BCUT2D eigenvalue weighted by atomic mass is 35.5. The molecule has 29 heavy (non-hydrogen) atoms. The summed E-state index contributed by atoms with van der Waals surface area (Å²) in [5.74, 6) is 1.01. The molecular weight excluding hydrogens is 386 g/mol. The van der Waals surface area contributed by atoms with Gasteiger partial charge >= 0.3 is 0 Å². The van der Waals surface area contributed by atoms with E-state index in [1.165, 1.54) is 0 Å². The lowest BCUT2D eigenvalue weighted by molar-refractivity contribution is -0.122. The lowest BCUT2D eigenvalue weighted by Gasteiger charge is -2.20. The van der Waals surface area contributed by atoms with Crippen LogP contribution in [0.3, 0.4) is 0 Å². The number of amides is 1. The molecule has 3 aromatic rings. The van der Waals surface area contributed by atoms with Crippen molar-refractivity contribution in [1.82, 2.24) is 15.5 Å². The monoisotopic (exact) mass is 411 g/mol. The Bertz CT molecular complexity index is 956. The van der Waals surface area contributed by atoms with E-state index in [1.54, 1.807) is 0 Å². The van der Waals surface area contributed by atoms with Gasteiger partial charge in [-0.05, 0) is 36.5 Å². The molecule has 6 heteroatoms. The third kappa shape index (κ3) is 5.45. The normalized spacial score (nSPS) is 13.1. The van der Waals surface area contributed by atoms with Gasteiger partial charge in [-0.3, -0.25) is 4.79 Å². The van der Waals surface area contributed by atoms with E-state index in [4.69, 9.17) is 16.1 Å². The minimum absolute atomic E-state index is 0.0303. The van der Waals surface area contributed by atoms with E-state index in [-0.39, 0.29) is 17.9 Å². The Hall–Kier alpha value is -2.66. The highest BCUT2D eigenvalue weighted by Crippen LogP contribution is 2.27. The van der Waals surface area contributed by atoms with Crippen LogP contribution in [-0.4, -0.2) is 16.0 Å². The maximum absolute atomic E-state index is 12.6. The van der Waals surface area contributed by atoms with E-state index >= 15 is 0 Å². The summed E-state index contributed by atoms with van der Waals surface area (Å²) >= 11 is 6.22. The van der Waals surface area contributed by atoms with E-state index in [0.29, 0.717) is 29.6 Å². The predicted molar refractivity (Wildman–Crippen MR) is 115 cm³/mol. The van der Waals surface area contributed by atoms with Crippen LogP contribution in [0.5, 0.6) is 0 Å². The van der Waals surface area contributed by atoms with Gasteiger partial charge in [0, 0.05) is 17.0 Å². The lowest BCUT2D eigenvalue weighted by Crippen LogP contribution is -2.32. The van der Waals surface area contributed by atoms with Gasteiger partial charge in [0.05, 0.1) is 0 Å². The Balaban J connectivity index is 1.72. The standard InChI is InChI=1S/C23H26ClN3O2/c1-4-15(2)21(25-20(28)13-11-17-8-6-5-7-9-17)23-26-22(27-29-23)18-12-10-16(3)19(24)14-18/h5-10,12,14-15,21H,4,11,13H2,1-3H3,(H,25,28)/t15-,21+/m1/s1. The summed E-state index contributed by atoms with van der Waals surface area (Å²) in [6, 6.07) is 15.3. The SMILES string of the molecule is CC[C@@H](C)[C@H](NC(=O)CCc1ccccc1)c1nc(-c2ccc(C)c(Cl)c2)no1. The molecule has 1 heterocycles. The fourth-order valence-electron chi connectivity index (χ4n) is 3.04. The molecule has 2 aromatic carbocycles. The second-order valence-corrected chi connectivity index (χ2v) is 7.74. The molecule has 0 radical (unpaired) electrons. The first kappa shape index (κ1) is 21.1. The molecule has 5 nitrogen and oxygen atoms in total. The highest BCUT2D eigenvalue weighted by Gasteiger charge is 2.26. The maximum atomic E-state index is 12.6. The van der Waals surface area contributed by atoms with Crippen molar-refractivity contribution in [3.8, 4) is 11.4 Å². The van der Waals surface area contributed by atoms with Gasteiger partial charge in [-0.25, -0.2) is 0 Å². The number of hydrogen-bond acceptors (Lipinski definition) is 4. The number of aryl methyl sites for hydroxylation is 2. The minimum Gasteiger partial charge on any atom is -0.344 e. The molecule has 1 N–H and O–H groups in total. The average molecular weight is 412 g/mol. The zero-order valence-electron chi connectivity index (χ0n) is 17.0. The zero-order valence-corrected chi connectivity index (χ0v) is 17.7. The van der Waals surface area contributed by atoms with Crippen LogP contribution in [0, 0.1) is 12.8 Å². The summed E-state index contributed by atoms with van der Waals surface area (Å²) in [5.41, 5.74) is 2.91. The second-order valence-electron chi connectivity index (χ2n) is 7.34. The summed E-state index contributed by atoms with van der Waals surface area (Å²) in [6.45, 7) is 6.08. The fraction of sp³-hybridized carbons (Fsp3) is 0.348. The number of benzene rings is 2. The Morgan fingerprint density at radius 3 is 2.66 bits per heavy atom. The number of carbonyl (C=O) groups is 1. The smallest absolute Gasteiger partial charge is 0.249 e. The number of aromatic nitrogens is 2. The third-order valence-corrected chi connectivity index (χ3v) is 5.56. The molecule has 0 bridgehead atoms. The molecule has 1 aromatic heterocycles. The van der Waals surface area contributed by atoms with Crippen molar-refractivity contribution >= 4 is 17.5 Å². The van der Waals surface area contributed by atoms with Crippen molar-refractivity contribution in [1.29, 1.82) is 0 Å². The summed E-state index contributed by atoms with van der Waals surface area (Å²) in [5, 5.41) is 7.83. The number of carbonyl (C=O) groups excluding carboxylic acids is 1. The maximum Gasteiger partial charge on any atom is 0.249 e. The van der Waals surface area contributed by atoms with Crippen molar-refractivity contribution < 1.29 is 9.32 Å². The minimum atomic E-state index is -0.328. The molecule has 0 saturated carbocycles. The highest BCUT2D eigenvalue weighted by molar-refractivity contribution is 6.31. The third-order valence-electron chi connectivity index (χ3n) is 5.15. The van der Waals surface area contributed by atoms with Crippen LogP contribution in [0.2, 0.25) is 5.02 Å². The Morgan fingerprint density at radius 2 is 1.97 bits per heavy atom. The Morgan fingerprint density at radius 1 is 1.21 bits per heavy atom. The summed E-state index contributed by atoms with van der Waals surface area (Å²) < 4.78 is 5.52. The topological polar surface area (TPSA) is 68.0 Å². The van der Waals surface area contributed by atoms with Crippen LogP contribution in [0.1, 0.15) is 49.7 Å². The van der Waals surface area contributed by atoms with E-state index in [0.717, 1.165) is 23.1 Å². The molecule has 0 aliphatic rings. The molecule has 0 spiro atoms. The summed E-state index contributed by atoms with van der Waals surface area (Å²) in [6.07, 6.45) is 1.97. The fourth-order valence-corrected chi connectivity index (χ4v) is 3.22. The quantitative estimate of drug-likeness (QED) is 0.528. The van der Waals surface area contributed by atoms with Gasteiger partial charge in [-0.15, -0.1) is 0 Å². The second kappa shape index (κ2) is 9.70. The average Bonchev–Trinajstić information content (AvgIpc) is 3.22. The van der Waals surface area contributed by atoms with Crippen LogP contribution in [-0.2, 0) is 11.2 Å². The van der Waals surface area contributed by atoms with Crippen molar-refractivity contribution in [3.63, 3.8) is 0 Å². The van der Waals surface area contributed by atoms with E-state index < -0.39 is 0 Å². The molecule has 0 aliphatic carbocycles. The van der Waals surface area contributed by atoms with Crippen LogP contribution >= 0.6 is 11.6 Å². The zero-order chi connectivity index (χ0) is 20.8. The molecule has 3 rings (SSSR count). The number of rotatable bonds is 8. The van der Waals surface area contributed by atoms with Gasteiger partial charge in [0.15, 0.2) is 0 Å². The number of nitrogens with zero attached hydrogens (tertiary/aromatic N) is 2. The van der Waals surface area contributed by atoms with Crippen LogP contribution < -0.4 is 5.32 Å². The molecule has 0 saturated heterocycles. The van der Waals surface area contributed by atoms with Crippen LogP contribution in [0.25, 0.3) is 11.4 Å². The Labute approximate surface area is 176 Å². The largest absolute Gasteiger partial charge is 0.344 e. The molecular formula is C23H26ClN3O2. The first-order valence-electron chi connectivity index (χ1n) is 9.91. The number of nitrogens with one attached hydrogen (secondary N) is 1. The van der Waals surface area contributed by atoms with Gasteiger partial charge in [0.2, 0.25) is 17.6 Å². The molecule has 1 amide bonds.